The van der Waals surface area contributed by atoms with Gasteiger partial charge in [-0.1, -0.05) is 57.2 Å². The predicted molar refractivity (Wildman–Crippen MR) is 137 cm³/mol. The average Bonchev–Trinajstić information content (AvgIpc) is 3.21. The zero-order valence-electron chi connectivity index (χ0n) is 21.0. The van der Waals surface area contributed by atoms with E-state index in [9.17, 15) is 9.90 Å². The van der Waals surface area contributed by atoms with Gasteiger partial charge < -0.3 is 14.6 Å². The summed E-state index contributed by atoms with van der Waals surface area (Å²) in [6.07, 6.45) is 1.99. The Kier molecular flexibility index (Phi) is 10.3. The lowest BCUT2D eigenvalue weighted by molar-refractivity contribution is -0.147. The first kappa shape index (κ1) is 26.4. The Hall–Kier alpha value is -3.16. The van der Waals surface area contributed by atoms with Gasteiger partial charge >= 0.3 is 5.97 Å². The molecule has 0 aliphatic rings. The van der Waals surface area contributed by atoms with Crippen LogP contribution in [0.15, 0.2) is 60.7 Å². The molecule has 35 heavy (non-hydrogen) atoms. The zero-order chi connectivity index (χ0) is 25.0. The topological polar surface area (TPSA) is 76.8 Å². The molecule has 0 amide bonds. The standard InChI is InChI=1S/C28H37N3O4/c1-4-13-27(33)34-21-23(32)19-30(18-5-2)20-25-26(6-3)29-31(22-14-9-7-10-15-22)28(25)35-24-16-11-8-12-17-24/h7-12,14-17,23,32H,4-6,13,18-21H2,1-3H3/t23-/m0/s1. The molecule has 7 heteroatoms. The number of aryl methyl sites for hydroxylation is 1. The first-order chi connectivity index (χ1) is 17.0. The molecule has 1 atom stereocenters. The molecule has 3 aromatic rings. The van der Waals surface area contributed by atoms with E-state index in [1.807, 2.05) is 72.3 Å². The fourth-order valence-electron chi connectivity index (χ4n) is 3.96. The number of aliphatic hydroxyl groups excluding tert-OH is 1. The van der Waals surface area contributed by atoms with E-state index in [1.165, 1.54) is 0 Å². The maximum Gasteiger partial charge on any atom is 0.305 e. The van der Waals surface area contributed by atoms with Crippen molar-refractivity contribution >= 4 is 5.97 Å². The largest absolute Gasteiger partial charge is 0.463 e. The number of ether oxygens (including phenoxy) is 2. The van der Waals surface area contributed by atoms with Crippen molar-refractivity contribution in [2.75, 3.05) is 19.7 Å². The van der Waals surface area contributed by atoms with Crippen molar-refractivity contribution in [1.82, 2.24) is 14.7 Å². The van der Waals surface area contributed by atoms with E-state index in [0.717, 1.165) is 48.5 Å². The number of hydrogen-bond acceptors (Lipinski definition) is 6. The van der Waals surface area contributed by atoms with Crippen LogP contribution in [0.3, 0.4) is 0 Å². The van der Waals surface area contributed by atoms with Crippen LogP contribution in [-0.2, 0) is 22.5 Å². The first-order valence-electron chi connectivity index (χ1n) is 12.5. The molecular weight excluding hydrogens is 442 g/mol. The molecule has 2 aromatic carbocycles. The first-order valence-corrected chi connectivity index (χ1v) is 12.5. The number of hydrogen-bond donors (Lipinski definition) is 1. The highest BCUT2D eigenvalue weighted by molar-refractivity contribution is 5.69. The number of carbonyl (C=O) groups excluding carboxylic acids is 1. The van der Waals surface area contributed by atoms with Crippen molar-refractivity contribution in [3.8, 4) is 17.3 Å². The molecule has 7 nitrogen and oxygen atoms in total. The third-order valence-corrected chi connectivity index (χ3v) is 5.59. The Labute approximate surface area is 208 Å². The molecule has 0 radical (unpaired) electrons. The minimum atomic E-state index is -0.768. The second-order valence-electron chi connectivity index (χ2n) is 8.57. The van der Waals surface area contributed by atoms with Crippen LogP contribution in [0.1, 0.15) is 51.3 Å². The monoisotopic (exact) mass is 479 g/mol. The average molecular weight is 480 g/mol. The summed E-state index contributed by atoms with van der Waals surface area (Å²) in [5, 5.41) is 15.5. The third-order valence-electron chi connectivity index (χ3n) is 5.59. The van der Waals surface area contributed by atoms with Gasteiger partial charge in [0.2, 0.25) is 5.88 Å². The Morgan fingerprint density at radius 2 is 1.71 bits per heavy atom. The zero-order valence-corrected chi connectivity index (χ0v) is 21.0. The van der Waals surface area contributed by atoms with Crippen LogP contribution in [0.4, 0.5) is 0 Å². The molecule has 0 unspecified atom stereocenters. The molecule has 0 spiro atoms. The Morgan fingerprint density at radius 1 is 1.03 bits per heavy atom. The number of para-hydroxylation sites is 2. The smallest absolute Gasteiger partial charge is 0.305 e. The molecule has 0 saturated heterocycles. The summed E-state index contributed by atoms with van der Waals surface area (Å²) in [6, 6.07) is 19.6. The van der Waals surface area contributed by atoms with Crippen molar-refractivity contribution in [2.24, 2.45) is 0 Å². The summed E-state index contributed by atoms with van der Waals surface area (Å²) in [4.78, 5) is 13.9. The molecule has 1 aromatic heterocycles. The fraction of sp³-hybridized carbons (Fsp3) is 0.429. The van der Waals surface area contributed by atoms with Gasteiger partial charge in [0.25, 0.3) is 0 Å². The van der Waals surface area contributed by atoms with Gasteiger partial charge in [0.1, 0.15) is 18.5 Å². The van der Waals surface area contributed by atoms with Crippen LogP contribution in [0.5, 0.6) is 11.6 Å². The van der Waals surface area contributed by atoms with Crippen LogP contribution >= 0.6 is 0 Å². The molecule has 0 bridgehead atoms. The SMILES string of the molecule is CCCC(=O)OC[C@@H](O)CN(CCC)Cc1c(CC)nn(-c2ccccc2)c1Oc1ccccc1. The van der Waals surface area contributed by atoms with Crippen molar-refractivity contribution in [2.45, 2.75) is 59.1 Å². The maximum absolute atomic E-state index is 11.7. The number of esters is 1. The summed E-state index contributed by atoms with van der Waals surface area (Å²) in [7, 11) is 0. The minimum Gasteiger partial charge on any atom is -0.463 e. The van der Waals surface area contributed by atoms with Gasteiger partial charge in [0.15, 0.2) is 0 Å². The molecular formula is C28H37N3O4. The van der Waals surface area contributed by atoms with Crippen LogP contribution in [-0.4, -0.2) is 51.6 Å². The van der Waals surface area contributed by atoms with E-state index in [2.05, 4.69) is 18.7 Å². The second-order valence-corrected chi connectivity index (χ2v) is 8.57. The van der Waals surface area contributed by atoms with Crippen molar-refractivity contribution in [3.05, 3.63) is 71.9 Å². The second kappa shape index (κ2) is 13.7. The molecule has 0 aliphatic carbocycles. The van der Waals surface area contributed by atoms with Crippen LogP contribution in [0.2, 0.25) is 0 Å². The van der Waals surface area contributed by atoms with E-state index < -0.39 is 6.10 Å². The van der Waals surface area contributed by atoms with E-state index in [1.54, 1.807) is 0 Å². The molecule has 1 N–H and O–H groups in total. The highest BCUT2D eigenvalue weighted by atomic mass is 16.5. The lowest BCUT2D eigenvalue weighted by Crippen LogP contribution is -2.35. The van der Waals surface area contributed by atoms with E-state index in [4.69, 9.17) is 14.6 Å². The van der Waals surface area contributed by atoms with Gasteiger partial charge in [0, 0.05) is 19.5 Å². The lowest BCUT2D eigenvalue weighted by atomic mass is 10.1. The quantitative estimate of drug-likeness (QED) is 0.323. The van der Waals surface area contributed by atoms with Gasteiger partial charge in [0.05, 0.1) is 16.9 Å². The summed E-state index contributed by atoms with van der Waals surface area (Å²) >= 11 is 0. The molecule has 0 saturated carbocycles. The molecule has 188 valence electrons. The van der Waals surface area contributed by atoms with Gasteiger partial charge in [-0.25, -0.2) is 4.68 Å². The third kappa shape index (κ3) is 7.67. The normalized spacial score (nSPS) is 12.0. The Morgan fingerprint density at radius 3 is 2.34 bits per heavy atom. The molecule has 0 aliphatic heterocycles. The number of carbonyl (C=O) groups is 1. The van der Waals surface area contributed by atoms with Gasteiger partial charge in [-0.2, -0.15) is 5.10 Å². The number of aliphatic hydroxyl groups is 1. The Balaban J connectivity index is 1.89. The lowest BCUT2D eigenvalue weighted by Gasteiger charge is -2.25. The highest BCUT2D eigenvalue weighted by Gasteiger charge is 2.23. The number of nitrogens with zero attached hydrogens (tertiary/aromatic N) is 3. The summed E-state index contributed by atoms with van der Waals surface area (Å²) in [5.74, 6) is 1.13. The van der Waals surface area contributed by atoms with Crippen LogP contribution < -0.4 is 4.74 Å². The number of rotatable bonds is 14. The molecule has 1 heterocycles. The Bertz CT molecular complexity index is 1040. The fourth-order valence-corrected chi connectivity index (χ4v) is 3.96. The van der Waals surface area contributed by atoms with Crippen LogP contribution in [0.25, 0.3) is 5.69 Å². The minimum absolute atomic E-state index is 0.00364. The summed E-state index contributed by atoms with van der Waals surface area (Å²) in [6.45, 7) is 7.84. The van der Waals surface area contributed by atoms with E-state index in [-0.39, 0.29) is 12.6 Å². The van der Waals surface area contributed by atoms with Gasteiger partial charge in [-0.15, -0.1) is 0 Å². The molecule has 0 fully saturated rings. The van der Waals surface area contributed by atoms with Gasteiger partial charge in [-0.3, -0.25) is 9.69 Å². The summed E-state index contributed by atoms with van der Waals surface area (Å²) < 4.78 is 13.5. The van der Waals surface area contributed by atoms with Crippen molar-refractivity contribution in [1.29, 1.82) is 0 Å². The highest BCUT2D eigenvalue weighted by Crippen LogP contribution is 2.32. The van der Waals surface area contributed by atoms with Crippen molar-refractivity contribution in [3.63, 3.8) is 0 Å². The van der Waals surface area contributed by atoms with Crippen molar-refractivity contribution < 1.29 is 19.4 Å². The maximum atomic E-state index is 11.7. The van der Waals surface area contributed by atoms with Gasteiger partial charge in [-0.05, 0) is 50.1 Å². The number of benzene rings is 2. The summed E-state index contributed by atoms with van der Waals surface area (Å²) in [5.41, 5.74) is 2.86. The van der Waals surface area contributed by atoms with E-state index in [0.29, 0.717) is 25.4 Å². The number of aromatic nitrogens is 2. The van der Waals surface area contributed by atoms with Crippen LogP contribution in [0, 0.1) is 0 Å². The van der Waals surface area contributed by atoms with E-state index >= 15 is 0 Å². The predicted octanol–water partition coefficient (Wildman–Crippen LogP) is 5.14. The molecule has 3 rings (SSSR count).